The molecule has 6 heteroatoms. The van der Waals surface area contributed by atoms with Gasteiger partial charge in [0.2, 0.25) is 0 Å². The standard InChI is InChI=1S/C25H24N4O2/c1-4-29(5-2)24-22-21(27-23(28-24)18-14-10-7-11-15-18)19(17-12-8-6-9-13-17)16-20(26-22)25(30)31-3/h6-16H,4-5H2,1-3H3. The minimum absolute atomic E-state index is 0.235. The van der Waals surface area contributed by atoms with Crippen LogP contribution in [0.25, 0.3) is 33.5 Å². The zero-order valence-electron chi connectivity index (χ0n) is 17.9. The third kappa shape index (κ3) is 3.97. The topological polar surface area (TPSA) is 68.2 Å². The number of esters is 1. The molecule has 156 valence electrons. The van der Waals surface area contributed by atoms with Crippen molar-refractivity contribution in [3.05, 3.63) is 72.4 Å². The number of aromatic nitrogens is 3. The Morgan fingerprint density at radius 3 is 2.03 bits per heavy atom. The zero-order valence-corrected chi connectivity index (χ0v) is 17.9. The van der Waals surface area contributed by atoms with Crippen LogP contribution in [-0.2, 0) is 4.74 Å². The minimum Gasteiger partial charge on any atom is -0.464 e. The normalized spacial score (nSPS) is 10.8. The van der Waals surface area contributed by atoms with Gasteiger partial charge in [-0.3, -0.25) is 0 Å². The van der Waals surface area contributed by atoms with Gasteiger partial charge in [-0.05, 0) is 25.5 Å². The fourth-order valence-corrected chi connectivity index (χ4v) is 3.60. The number of ether oxygens (including phenoxy) is 1. The summed E-state index contributed by atoms with van der Waals surface area (Å²) in [5.74, 6) is 0.841. The highest BCUT2D eigenvalue weighted by Crippen LogP contribution is 2.33. The number of anilines is 1. The predicted octanol–water partition coefficient (Wildman–Crippen LogP) is 4.99. The fraction of sp³-hybridized carbons (Fsp3) is 0.200. The van der Waals surface area contributed by atoms with E-state index in [4.69, 9.17) is 14.7 Å². The Balaban J connectivity index is 2.11. The van der Waals surface area contributed by atoms with E-state index in [-0.39, 0.29) is 5.69 Å². The molecule has 0 aliphatic carbocycles. The summed E-state index contributed by atoms with van der Waals surface area (Å²) >= 11 is 0. The number of fused-ring (bicyclic) bond motifs is 1. The summed E-state index contributed by atoms with van der Waals surface area (Å²) in [5, 5.41) is 0. The second-order valence-electron chi connectivity index (χ2n) is 7.02. The molecular weight excluding hydrogens is 388 g/mol. The molecule has 0 aliphatic rings. The van der Waals surface area contributed by atoms with Gasteiger partial charge in [0.05, 0.1) is 7.11 Å². The van der Waals surface area contributed by atoms with Crippen LogP contribution in [0.3, 0.4) is 0 Å². The summed E-state index contributed by atoms with van der Waals surface area (Å²) in [7, 11) is 1.36. The highest BCUT2D eigenvalue weighted by molar-refractivity contribution is 6.02. The van der Waals surface area contributed by atoms with Gasteiger partial charge in [-0.25, -0.2) is 19.7 Å². The van der Waals surface area contributed by atoms with Gasteiger partial charge in [-0.15, -0.1) is 0 Å². The van der Waals surface area contributed by atoms with Gasteiger partial charge in [-0.1, -0.05) is 60.7 Å². The van der Waals surface area contributed by atoms with Crippen molar-refractivity contribution in [3.63, 3.8) is 0 Å². The van der Waals surface area contributed by atoms with Crippen molar-refractivity contribution < 1.29 is 9.53 Å². The molecule has 2 aromatic heterocycles. The second kappa shape index (κ2) is 8.92. The Morgan fingerprint density at radius 1 is 0.839 bits per heavy atom. The maximum atomic E-state index is 12.4. The maximum Gasteiger partial charge on any atom is 0.356 e. The molecule has 6 nitrogen and oxygen atoms in total. The maximum absolute atomic E-state index is 12.4. The molecule has 0 spiro atoms. The molecule has 0 radical (unpaired) electrons. The largest absolute Gasteiger partial charge is 0.464 e. The Bertz CT molecular complexity index is 1210. The van der Waals surface area contributed by atoms with E-state index >= 15 is 0 Å². The minimum atomic E-state index is -0.489. The van der Waals surface area contributed by atoms with Crippen molar-refractivity contribution >= 4 is 22.8 Å². The van der Waals surface area contributed by atoms with Gasteiger partial charge in [0.15, 0.2) is 11.6 Å². The molecule has 0 unspecified atom stereocenters. The van der Waals surface area contributed by atoms with Gasteiger partial charge in [0.25, 0.3) is 0 Å². The van der Waals surface area contributed by atoms with E-state index in [2.05, 4.69) is 23.7 Å². The summed E-state index contributed by atoms with van der Waals surface area (Å²) in [6.45, 7) is 5.65. The molecule has 0 saturated heterocycles. The van der Waals surface area contributed by atoms with Crippen molar-refractivity contribution in [2.75, 3.05) is 25.1 Å². The number of pyridine rings is 1. The summed E-state index contributed by atoms with van der Waals surface area (Å²) in [6.07, 6.45) is 0. The summed E-state index contributed by atoms with van der Waals surface area (Å²) < 4.78 is 4.97. The van der Waals surface area contributed by atoms with Crippen LogP contribution in [0.15, 0.2) is 66.7 Å². The Morgan fingerprint density at radius 2 is 1.45 bits per heavy atom. The molecular formula is C25H24N4O2. The van der Waals surface area contributed by atoms with Crippen molar-refractivity contribution in [1.82, 2.24) is 15.0 Å². The molecule has 2 aromatic carbocycles. The molecule has 0 bridgehead atoms. The van der Waals surface area contributed by atoms with Gasteiger partial charge < -0.3 is 9.64 Å². The van der Waals surface area contributed by atoms with Gasteiger partial charge in [-0.2, -0.15) is 0 Å². The van der Waals surface area contributed by atoms with E-state index in [9.17, 15) is 4.79 Å². The molecule has 2 heterocycles. The first-order valence-corrected chi connectivity index (χ1v) is 10.3. The van der Waals surface area contributed by atoms with E-state index in [0.717, 1.165) is 29.8 Å². The highest BCUT2D eigenvalue weighted by atomic mass is 16.5. The van der Waals surface area contributed by atoms with E-state index < -0.39 is 5.97 Å². The summed E-state index contributed by atoms with van der Waals surface area (Å²) in [5.41, 5.74) is 4.22. The first-order chi connectivity index (χ1) is 15.2. The number of carbonyl (C=O) groups excluding carboxylic acids is 1. The average molecular weight is 412 g/mol. The first-order valence-electron chi connectivity index (χ1n) is 10.3. The van der Waals surface area contributed by atoms with E-state index in [0.29, 0.717) is 22.7 Å². The molecule has 0 saturated carbocycles. The van der Waals surface area contributed by atoms with Gasteiger partial charge in [0, 0.05) is 24.2 Å². The number of methoxy groups -OCH3 is 1. The van der Waals surface area contributed by atoms with Crippen LogP contribution in [0.1, 0.15) is 24.3 Å². The average Bonchev–Trinajstić information content (AvgIpc) is 2.84. The number of hydrogen-bond donors (Lipinski definition) is 0. The summed E-state index contributed by atoms with van der Waals surface area (Å²) in [6, 6.07) is 21.5. The van der Waals surface area contributed by atoms with Crippen molar-refractivity contribution in [2.24, 2.45) is 0 Å². The van der Waals surface area contributed by atoms with Crippen LogP contribution < -0.4 is 4.90 Å². The quantitative estimate of drug-likeness (QED) is 0.416. The van der Waals surface area contributed by atoms with Crippen LogP contribution in [0.4, 0.5) is 5.82 Å². The van der Waals surface area contributed by atoms with Crippen LogP contribution in [0.5, 0.6) is 0 Å². The van der Waals surface area contributed by atoms with Gasteiger partial charge >= 0.3 is 5.97 Å². The third-order valence-corrected chi connectivity index (χ3v) is 5.21. The van der Waals surface area contributed by atoms with Crippen LogP contribution in [0, 0.1) is 0 Å². The summed E-state index contributed by atoms with van der Waals surface area (Å²) in [4.78, 5) is 29.0. The third-order valence-electron chi connectivity index (χ3n) is 5.21. The van der Waals surface area contributed by atoms with Crippen molar-refractivity contribution in [1.29, 1.82) is 0 Å². The second-order valence-corrected chi connectivity index (χ2v) is 7.02. The Kier molecular flexibility index (Phi) is 5.89. The smallest absolute Gasteiger partial charge is 0.356 e. The lowest BCUT2D eigenvalue weighted by Crippen LogP contribution is -2.24. The Labute approximate surface area is 181 Å². The van der Waals surface area contributed by atoms with E-state index in [1.807, 2.05) is 60.7 Å². The molecule has 4 rings (SSSR count). The lowest BCUT2D eigenvalue weighted by Gasteiger charge is -2.22. The number of rotatable bonds is 6. The first kappa shape index (κ1) is 20.5. The number of nitrogens with zero attached hydrogens (tertiary/aromatic N) is 4. The number of benzene rings is 2. The van der Waals surface area contributed by atoms with Gasteiger partial charge in [0.1, 0.15) is 16.7 Å². The molecule has 0 N–H and O–H groups in total. The SMILES string of the molecule is CCN(CC)c1nc(-c2ccccc2)nc2c(-c3ccccc3)cc(C(=O)OC)nc12. The van der Waals surface area contributed by atoms with Crippen molar-refractivity contribution in [3.8, 4) is 22.5 Å². The monoisotopic (exact) mass is 412 g/mol. The predicted molar refractivity (Wildman–Crippen MR) is 123 cm³/mol. The lowest BCUT2D eigenvalue weighted by molar-refractivity contribution is 0.0594. The molecule has 4 aromatic rings. The zero-order chi connectivity index (χ0) is 21.8. The van der Waals surface area contributed by atoms with Crippen LogP contribution in [0.2, 0.25) is 0 Å². The molecule has 31 heavy (non-hydrogen) atoms. The molecule has 0 atom stereocenters. The lowest BCUT2D eigenvalue weighted by atomic mass is 10.0. The van der Waals surface area contributed by atoms with E-state index in [1.54, 1.807) is 6.07 Å². The fourth-order valence-electron chi connectivity index (χ4n) is 3.60. The van der Waals surface area contributed by atoms with E-state index in [1.165, 1.54) is 7.11 Å². The van der Waals surface area contributed by atoms with Crippen molar-refractivity contribution in [2.45, 2.75) is 13.8 Å². The van der Waals surface area contributed by atoms with Crippen LogP contribution in [-0.4, -0.2) is 41.1 Å². The molecule has 0 amide bonds. The number of carbonyl (C=O) groups is 1. The molecule has 0 aliphatic heterocycles. The molecule has 0 fully saturated rings. The number of hydrogen-bond acceptors (Lipinski definition) is 6. The van der Waals surface area contributed by atoms with Crippen LogP contribution >= 0.6 is 0 Å². The Hall–Kier alpha value is -3.80. The highest BCUT2D eigenvalue weighted by Gasteiger charge is 2.21.